The van der Waals surface area contributed by atoms with Crippen LogP contribution in [-0.2, 0) is 50.8 Å². The quantitative estimate of drug-likeness (QED) is 0.144. The van der Waals surface area contributed by atoms with Gasteiger partial charge in [0.25, 0.3) is 0 Å². The fraction of sp³-hybridized carbons (Fsp3) is 0.214. The monoisotopic (exact) mass is 765 g/mol. The summed E-state index contributed by atoms with van der Waals surface area (Å²) in [4.78, 5) is 26.3. The minimum Gasteiger partial charge on any atom is -0.464 e. The minimum atomic E-state index is -1.06. The Balaban J connectivity index is 1.04. The highest BCUT2D eigenvalue weighted by molar-refractivity contribution is 6.66. The summed E-state index contributed by atoms with van der Waals surface area (Å²) in [6.07, 6.45) is 10.3. The number of ether oxygens (including phenoxy) is 1. The summed E-state index contributed by atoms with van der Waals surface area (Å²) in [6, 6.07) is 19.8. The normalized spacial score (nSPS) is 24.4. The van der Waals surface area contributed by atoms with Gasteiger partial charge in [-0.15, -0.1) is 0 Å². The van der Waals surface area contributed by atoms with Gasteiger partial charge in [0.15, 0.2) is 0 Å². The zero-order chi connectivity index (χ0) is 38.6. The molecule has 278 valence electrons. The van der Waals surface area contributed by atoms with Gasteiger partial charge < -0.3 is 10.1 Å². The third-order valence-corrected chi connectivity index (χ3v) is 18.6. The lowest BCUT2D eigenvalue weighted by molar-refractivity contribution is -0.152. The molecule has 5 aliphatic carbocycles. The van der Waals surface area contributed by atoms with Crippen molar-refractivity contribution in [3.8, 4) is 0 Å². The first-order valence-corrected chi connectivity index (χ1v) is 22.2. The number of fused-ring (bicyclic) bond motifs is 6. The van der Waals surface area contributed by atoms with Crippen LogP contribution in [0.2, 0.25) is 0 Å². The zero-order valence-corrected chi connectivity index (χ0v) is 32.9. The van der Waals surface area contributed by atoms with Gasteiger partial charge in [-0.25, -0.2) is 4.79 Å². The van der Waals surface area contributed by atoms with Crippen LogP contribution in [-0.4, -0.2) is 24.0 Å². The average Bonchev–Trinajstić information content (AvgIpc) is 4.09. The fourth-order valence-electron chi connectivity index (χ4n) is 17.1. The van der Waals surface area contributed by atoms with Crippen LogP contribution in [0.3, 0.4) is 0 Å². The van der Waals surface area contributed by atoms with Crippen molar-refractivity contribution in [3.63, 3.8) is 0 Å². The van der Waals surface area contributed by atoms with Crippen molar-refractivity contribution in [2.24, 2.45) is 0 Å². The molecule has 2 unspecified atom stereocenters. The summed E-state index contributed by atoms with van der Waals surface area (Å²) >= 11 is 0. The number of amides is 1. The van der Waals surface area contributed by atoms with Crippen LogP contribution in [0.4, 0.5) is 0 Å². The molecule has 4 nitrogen and oxygen atoms in total. The van der Waals surface area contributed by atoms with Crippen LogP contribution in [0.1, 0.15) is 60.1 Å². The molecule has 0 fully saturated rings. The standard InChI is InChI=1S/C56H31NO3/c1-3-60-53(59)56(57-20(2)58)18-23-14-21-16-54-12-10-31-29-8-6-27-25-4-5-26-28-7-9-30-32-11-13-55(54,17-22(21)15-24(23)19-56)52-40(32)44-38(30)36(28)42-34(26)33(25)41-35(27)37(29)43-39(31)51(54)50(52)49-47(43)45(41)46(42)48(44)49/h4-11,14-15H,3,12-13,16-19H2,1-2H3,(H,57,58). The third-order valence-electron chi connectivity index (χ3n) is 18.6. The van der Waals surface area contributed by atoms with E-state index in [1.807, 2.05) is 6.92 Å². The van der Waals surface area contributed by atoms with Gasteiger partial charge in [0.05, 0.1) is 6.61 Å². The molecule has 1 N–H and O–H groups in total. The molecule has 19 rings (SSSR count). The maximum atomic E-state index is 13.7. The van der Waals surface area contributed by atoms with E-state index in [9.17, 15) is 9.59 Å². The Morgan fingerprint density at radius 2 is 0.867 bits per heavy atom. The van der Waals surface area contributed by atoms with Crippen LogP contribution < -0.4 is 15.8 Å². The Labute approximate surface area is 339 Å². The second-order valence-electron chi connectivity index (χ2n) is 20.4. The molecule has 60 heavy (non-hydrogen) atoms. The van der Waals surface area contributed by atoms with Crippen molar-refractivity contribution in [3.05, 3.63) is 92.3 Å². The highest BCUT2D eigenvalue weighted by atomic mass is 16.5. The first kappa shape index (κ1) is 28.8. The topological polar surface area (TPSA) is 55.4 Å². The van der Waals surface area contributed by atoms with Crippen molar-refractivity contribution in [2.75, 3.05) is 6.61 Å². The van der Waals surface area contributed by atoms with Crippen molar-refractivity contribution < 1.29 is 14.3 Å². The molecule has 2 atom stereocenters. The van der Waals surface area contributed by atoms with E-state index in [-0.39, 0.29) is 29.3 Å². The number of carbonyl (C=O) groups excluding carboxylic acids is 2. The Morgan fingerprint density at radius 1 is 0.500 bits per heavy atom. The van der Waals surface area contributed by atoms with E-state index in [1.165, 1.54) is 115 Å². The molecule has 2 spiro atoms. The molecule has 5 aliphatic rings. The molecule has 1 amide bonds. The lowest BCUT2D eigenvalue weighted by Crippen LogP contribution is -2.55. The number of nitrogens with one attached hydrogen (secondary N) is 1. The van der Waals surface area contributed by atoms with Gasteiger partial charge >= 0.3 is 5.97 Å². The predicted octanol–water partition coefficient (Wildman–Crippen LogP) is 10.1. The third kappa shape index (κ3) is 2.29. The van der Waals surface area contributed by atoms with Crippen LogP contribution in [0, 0.1) is 0 Å². The molecule has 0 heterocycles. The SMILES string of the molecule is CCOC(=O)C1(NC(C)=O)Cc2cc3c(cc2C1)CC12CC=c4c5ccc6c7ccc8c9ccc%10c%11c%12c(c%13c1c4c1c5c6c4c7c8c5c9c%10c%12c6c%13c1c4c65)C2(CC=%11)C3. The summed E-state index contributed by atoms with van der Waals surface area (Å²) in [5, 5.41) is 42.5. The minimum absolute atomic E-state index is 0.104. The second kappa shape index (κ2) is 7.92. The van der Waals surface area contributed by atoms with Gasteiger partial charge in [0.1, 0.15) is 5.54 Å². The van der Waals surface area contributed by atoms with Crippen LogP contribution in [0.15, 0.2) is 48.5 Å². The summed E-state index contributed by atoms with van der Waals surface area (Å²) < 4.78 is 5.65. The lowest BCUT2D eigenvalue weighted by Gasteiger charge is -2.53. The van der Waals surface area contributed by atoms with Crippen LogP contribution >= 0.6 is 0 Å². The zero-order valence-electron chi connectivity index (χ0n) is 32.9. The highest BCUT2D eigenvalue weighted by Gasteiger charge is 2.63. The Morgan fingerprint density at radius 3 is 1.30 bits per heavy atom. The largest absolute Gasteiger partial charge is 0.464 e. The molecule has 0 radical (unpaired) electrons. The first-order valence-electron chi connectivity index (χ1n) is 22.2. The van der Waals surface area contributed by atoms with Crippen molar-refractivity contribution in [1.29, 1.82) is 0 Å². The molecule has 0 saturated carbocycles. The summed E-state index contributed by atoms with van der Waals surface area (Å²) in [5.41, 5.74) is 7.25. The molecule has 0 aromatic heterocycles. The van der Waals surface area contributed by atoms with Gasteiger partial charge in [-0.2, -0.15) is 0 Å². The van der Waals surface area contributed by atoms with Crippen molar-refractivity contribution >= 4 is 153 Å². The Bertz CT molecular complexity index is 4300. The van der Waals surface area contributed by atoms with E-state index >= 15 is 0 Å². The average molecular weight is 766 g/mol. The summed E-state index contributed by atoms with van der Waals surface area (Å²) in [7, 11) is 0. The second-order valence-corrected chi connectivity index (χ2v) is 20.4. The number of esters is 1. The Hall–Kier alpha value is -6.52. The maximum absolute atomic E-state index is 13.7. The van der Waals surface area contributed by atoms with E-state index in [0.717, 1.165) is 25.7 Å². The molecule has 0 saturated heterocycles. The molecule has 14 aromatic carbocycles. The number of hydrogen-bond acceptors (Lipinski definition) is 3. The number of rotatable bonds is 3. The van der Waals surface area contributed by atoms with Crippen LogP contribution in [0.5, 0.6) is 0 Å². The summed E-state index contributed by atoms with van der Waals surface area (Å²) in [6.45, 7) is 3.65. The molecule has 4 heteroatoms. The van der Waals surface area contributed by atoms with E-state index in [0.29, 0.717) is 12.8 Å². The van der Waals surface area contributed by atoms with Gasteiger partial charge in [-0.05, 0) is 206 Å². The number of benzene rings is 9. The highest BCUT2D eigenvalue weighted by Crippen LogP contribution is 2.72. The molecule has 0 aliphatic heterocycles. The van der Waals surface area contributed by atoms with Crippen molar-refractivity contribution in [2.45, 2.75) is 68.7 Å². The first-order chi connectivity index (χ1) is 29.4. The fourth-order valence-corrected chi connectivity index (χ4v) is 17.1. The van der Waals surface area contributed by atoms with Gasteiger partial charge in [-0.1, -0.05) is 60.7 Å². The molecular formula is C56H31NO3. The smallest absolute Gasteiger partial charge is 0.332 e. The van der Waals surface area contributed by atoms with Crippen LogP contribution in [0.25, 0.3) is 141 Å². The van der Waals surface area contributed by atoms with E-state index in [2.05, 4.69) is 66.0 Å². The van der Waals surface area contributed by atoms with Gasteiger partial charge in [0, 0.05) is 30.6 Å². The van der Waals surface area contributed by atoms with Crippen molar-refractivity contribution in [1.82, 2.24) is 5.32 Å². The van der Waals surface area contributed by atoms with Gasteiger partial charge in [-0.3, -0.25) is 4.79 Å². The predicted molar refractivity (Wildman–Crippen MR) is 244 cm³/mol. The Kier molecular flexibility index (Phi) is 3.81. The van der Waals surface area contributed by atoms with E-state index in [1.54, 1.807) is 65.0 Å². The summed E-state index contributed by atoms with van der Waals surface area (Å²) in [5.74, 6) is -0.519. The molecule has 0 bridgehead atoms. The van der Waals surface area contributed by atoms with E-state index in [4.69, 9.17) is 4.74 Å². The lowest BCUT2D eigenvalue weighted by atomic mass is 9.49. The van der Waals surface area contributed by atoms with E-state index < -0.39 is 5.54 Å². The number of hydrogen-bond donors (Lipinski definition) is 1. The number of carbonyl (C=O) groups is 2. The molecule has 14 aromatic rings. The maximum Gasteiger partial charge on any atom is 0.332 e. The van der Waals surface area contributed by atoms with Gasteiger partial charge in [0.2, 0.25) is 5.91 Å². The molecular weight excluding hydrogens is 735 g/mol.